The van der Waals surface area contributed by atoms with Crippen LogP contribution in [-0.4, -0.2) is 57.6 Å². The molecule has 0 aliphatic carbocycles. The van der Waals surface area contributed by atoms with Crippen molar-refractivity contribution >= 4 is 46.4 Å². The Morgan fingerprint density at radius 2 is 1.13 bits per heavy atom. The highest BCUT2D eigenvalue weighted by Crippen LogP contribution is 2.27. The van der Waals surface area contributed by atoms with E-state index in [1.807, 2.05) is 0 Å². The molecule has 0 bridgehead atoms. The topological polar surface area (TPSA) is 127 Å². The first kappa shape index (κ1) is 22.4. The van der Waals surface area contributed by atoms with Gasteiger partial charge in [-0.2, -0.15) is 0 Å². The SMILES string of the molecule is O=C(c1ccc(Cl)cc1[N+](=O)[O-])N1CCCN(C(=O)c2ccc(Cl)cc2[N+](=O)[O-])CC1. The minimum absolute atomic E-state index is 0.0949. The second-order valence-corrected chi connectivity index (χ2v) is 7.65. The van der Waals surface area contributed by atoms with Crippen LogP contribution in [0.4, 0.5) is 11.4 Å². The normalized spacial score (nSPS) is 14.1. The molecule has 0 aromatic heterocycles. The maximum absolute atomic E-state index is 12.9. The summed E-state index contributed by atoms with van der Waals surface area (Å²) in [4.78, 5) is 49.9. The molecule has 0 atom stereocenters. The molecule has 0 saturated carbocycles. The molecule has 31 heavy (non-hydrogen) atoms. The van der Waals surface area contributed by atoms with Crippen LogP contribution in [0.1, 0.15) is 27.1 Å². The summed E-state index contributed by atoms with van der Waals surface area (Å²) in [6.07, 6.45) is 0.403. The van der Waals surface area contributed by atoms with Crippen molar-refractivity contribution in [1.29, 1.82) is 0 Å². The van der Waals surface area contributed by atoms with Gasteiger partial charge in [0.05, 0.1) is 9.85 Å². The molecule has 0 unspecified atom stereocenters. The monoisotopic (exact) mass is 466 g/mol. The molecule has 1 saturated heterocycles. The smallest absolute Gasteiger partial charge is 0.283 e. The van der Waals surface area contributed by atoms with Crippen LogP contribution >= 0.6 is 23.2 Å². The maximum atomic E-state index is 12.9. The summed E-state index contributed by atoms with van der Waals surface area (Å²) in [6.45, 7) is 0.772. The van der Waals surface area contributed by atoms with Gasteiger partial charge in [-0.1, -0.05) is 23.2 Å². The van der Waals surface area contributed by atoms with E-state index in [4.69, 9.17) is 23.2 Å². The minimum atomic E-state index is -0.674. The zero-order valence-electron chi connectivity index (χ0n) is 16.0. The molecular weight excluding hydrogens is 451 g/mol. The number of hydrogen-bond donors (Lipinski definition) is 0. The van der Waals surface area contributed by atoms with Gasteiger partial charge < -0.3 is 9.80 Å². The van der Waals surface area contributed by atoms with Crippen molar-refractivity contribution in [2.24, 2.45) is 0 Å². The van der Waals surface area contributed by atoms with E-state index >= 15 is 0 Å². The number of carbonyl (C=O) groups excluding carboxylic acids is 2. The van der Waals surface area contributed by atoms with Gasteiger partial charge in [-0.25, -0.2) is 0 Å². The highest BCUT2D eigenvalue weighted by molar-refractivity contribution is 6.31. The number of hydrogen-bond acceptors (Lipinski definition) is 6. The lowest BCUT2D eigenvalue weighted by Gasteiger charge is -2.22. The van der Waals surface area contributed by atoms with Gasteiger partial charge in [0.1, 0.15) is 11.1 Å². The fraction of sp³-hybridized carbons (Fsp3) is 0.263. The molecule has 1 fully saturated rings. The number of halogens is 2. The first-order valence-electron chi connectivity index (χ1n) is 9.15. The Bertz CT molecular complexity index is 994. The molecule has 0 N–H and O–H groups in total. The Kier molecular flexibility index (Phi) is 6.71. The van der Waals surface area contributed by atoms with Gasteiger partial charge in [0.25, 0.3) is 23.2 Å². The summed E-state index contributed by atoms with van der Waals surface area (Å²) in [7, 11) is 0. The molecule has 0 radical (unpaired) electrons. The number of carbonyl (C=O) groups is 2. The standard InChI is InChI=1S/C19H16Cl2N4O6/c20-12-2-4-14(16(10-12)24(28)29)18(26)22-6-1-7-23(9-8-22)19(27)15-5-3-13(21)11-17(15)25(30)31/h2-5,10-11H,1,6-9H2. The zero-order valence-corrected chi connectivity index (χ0v) is 17.5. The predicted octanol–water partition coefficient (Wildman–Crippen LogP) is 3.80. The molecule has 2 aromatic carbocycles. The van der Waals surface area contributed by atoms with Crippen molar-refractivity contribution in [1.82, 2.24) is 9.80 Å². The molecule has 1 aliphatic heterocycles. The number of nitrogens with zero attached hydrogens (tertiary/aromatic N) is 4. The summed E-state index contributed by atoms with van der Waals surface area (Å²) in [5, 5.41) is 22.9. The Hall–Kier alpha value is -3.24. The van der Waals surface area contributed by atoms with Crippen molar-refractivity contribution in [2.45, 2.75) is 6.42 Å². The van der Waals surface area contributed by atoms with E-state index in [2.05, 4.69) is 0 Å². The van der Waals surface area contributed by atoms with Crippen molar-refractivity contribution < 1.29 is 19.4 Å². The van der Waals surface area contributed by atoms with Gasteiger partial charge in [-0.15, -0.1) is 0 Å². The average molecular weight is 467 g/mol. The third kappa shape index (κ3) is 4.92. The maximum Gasteiger partial charge on any atom is 0.283 e. The van der Waals surface area contributed by atoms with E-state index in [0.717, 1.165) is 12.1 Å². The summed E-state index contributed by atoms with van der Waals surface area (Å²) in [5.41, 5.74) is -0.983. The van der Waals surface area contributed by atoms with Crippen molar-refractivity contribution in [2.75, 3.05) is 26.2 Å². The van der Waals surface area contributed by atoms with Crippen LogP contribution in [0.2, 0.25) is 10.0 Å². The first-order chi connectivity index (χ1) is 14.7. The van der Waals surface area contributed by atoms with E-state index in [0.29, 0.717) is 6.42 Å². The van der Waals surface area contributed by atoms with Gasteiger partial charge in [0, 0.05) is 48.4 Å². The number of rotatable bonds is 4. The molecule has 3 rings (SSSR count). The van der Waals surface area contributed by atoms with Gasteiger partial charge in [0.15, 0.2) is 0 Å². The lowest BCUT2D eigenvalue weighted by atomic mass is 10.1. The van der Waals surface area contributed by atoms with Crippen LogP contribution in [0.5, 0.6) is 0 Å². The van der Waals surface area contributed by atoms with Gasteiger partial charge in [-0.3, -0.25) is 29.8 Å². The van der Waals surface area contributed by atoms with Gasteiger partial charge in [0.2, 0.25) is 0 Å². The largest absolute Gasteiger partial charge is 0.337 e. The van der Waals surface area contributed by atoms with E-state index in [1.165, 1.54) is 34.1 Å². The number of amides is 2. The number of nitro groups is 2. The first-order valence-corrected chi connectivity index (χ1v) is 9.91. The molecule has 12 heteroatoms. The summed E-state index contributed by atoms with van der Waals surface area (Å²) in [5.74, 6) is -1.09. The lowest BCUT2D eigenvalue weighted by molar-refractivity contribution is -0.385. The quantitative estimate of drug-likeness (QED) is 0.497. The Labute approximate surface area is 186 Å². The van der Waals surface area contributed by atoms with Crippen LogP contribution in [0, 0.1) is 20.2 Å². The fourth-order valence-electron chi connectivity index (χ4n) is 3.34. The van der Waals surface area contributed by atoms with Crippen LogP contribution in [-0.2, 0) is 0 Å². The number of benzene rings is 2. The van der Waals surface area contributed by atoms with Crippen LogP contribution in [0.25, 0.3) is 0 Å². The number of nitro benzene ring substituents is 2. The zero-order chi connectivity index (χ0) is 22.7. The molecule has 10 nitrogen and oxygen atoms in total. The van der Waals surface area contributed by atoms with Crippen LogP contribution in [0.15, 0.2) is 36.4 Å². The third-order valence-electron chi connectivity index (χ3n) is 4.84. The molecule has 2 amide bonds. The van der Waals surface area contributed by atoms with E-state index in [1.54, 1.807) is 0 Å². The van der Waals surface area contributed by atoms with Crippen LogP contribution < -0.4 is 0 Å². The minimum Gasteiger partial charge on any atom is -0.337 e. The van der Waals surface area contributed by atoms with Gasteiger partial charge in [-0.05, 0) is 30.7 Å². The lowest BCUT2D eigenvalue weighted by Crippen LogP contribution is -2.37. The Morgan fingerprint density at radius 1 is 0.742 bits per heavy atom. The second-order valence-electron chi connectivity index (χ2n) is 6.78. The summed E-state index contributed by atoms with van der Waals surface area (Å²) in [6, 6.07) is 7.62. The molecule has 0 spiro atoms. The van der Waals surface area contributed by atoms with Gasteiger partial charge >= 0.3 is 0 Å². The van der Waals surface area contributed by atoms with Crippen molar-refractivity contribution in [3.8, 4) is 0 Å². The summed E-state index contributed by atoms with van der Waals surface area (Å²) < 4.78 is 0. The molecule has 1 heterocycles. The average Bonchev–Trinajstić information content (AvgIpc) is 2.99. The Balaban J connectivity index is 1.79. The molecular formula is C19H16Cl2N4O6. The molecule has 162 valence electrons. The van der Waals surface area contributed by atoms with Crippen LogP contribution in [0.3, 0.4) is 0 Å². The molecule has 2 aromatic rings. The summed E-state index contributed by atoms with van der Waals surface area (Å²) >= 11 is 11.6. The van der Waals surface area contributed by atoms with Crippen molar-refractivity contribution in [3.63, 3.8) is 0 Å². The Morgan fingerprint density at radius 3 is 1.48 bits per heavy atom. The highest BCUT2D eigenvalue weighted by atomic mass is 35.5. The predicted molar refractivity (Wildman–Crippen MR) is 113 cm³/mol. The van der Waals surface area contributed by atoms with Crippen molar-refractivity contribution in [3.05, 3.63) is 77.8 Å². The highest BCUT2D eigenvalue weighted by Gasteiger charge is 2.30. The third-order valence-corrected chi connectivity index (χ3v) is 5.31. The van der Waals surface area contributed by atoms with E-state index in [9.17, 15) is 29.8 Å². The molecule has 1 aliphatic rings. The van der Waals surface area contributed by atoms with E-state index < -0.39 is 33.0 Å². The fourth-order valence-corrected chi connectivity index (χ4v) is 3.67. The van der Waals surface area contributed by atoms with E-state index in [-0.39, 0.29) is 47.4 Å². The second kappa shape index (κ2) is 9.27.